The van der Waals surface area contributed by atoms with E-state index in [1.807, 2.05) is 0 Å². The summed E-state index contributed by atoms with van der Waals surface area (Å²) in [6.07, 6.45) is 0.598. The van der Waals surface area contributed by atoms with Crippen LogP contribution < -0.4 is 0 Å². The number of hydrogen-bond acceptors (Lipinski definition) is 6. The van der Waals surface area contributed by atoms with Crippen molar-refractivity contribution in [2.45, 2.75) is 30.5 Å². The molecular formula is C13H19NO6. The predicted molar refractivity (Wildman–Crippen MR) is 68.0 cm³/mol. The Labute approximate surface area is 117 Å². The highest BCUT2D eigenvalue weighted by atomic mass is 16.6. The van der Waals surface area contributed by atoms with Gasteiger partial charge in [0.25, 0.3) is 11.8 Å². The van der Waals surface area contributed by atoms with Crippen molar-refractivity contribution in [2.75, 3.05) is 28.4 Å². The van der Waals surface area contributed by atoms with Crippen molar-refractivity contribution in [3.63, 3.8) is 0 Å². The molecule has 0 spiro atoms. The van der Waals surface area contributed by atoms with Crippen molar-refractivity contribution in [3.05, 3.63) is 12.2 Å². The van der Waals surface area contributed by atoms with E-state index >= 15 is 0 Å². The van der Waals surface area contributed by atoms with Crippen LogP contribution >= 0.6 is 0 Å². The Balaban J connectivity index is 2.37. The molecule has 0 unspecified atom stereocenters. The number of imide groups is 1. The zero-order chi connectivity index (χ0) is 14.9. The van der Waals surface area contributed by atoms with E-state index in [0.29, 0.717) is 0 Å². The molecule has 7 heteroatoms. The van der Waals surface area contributed by atoms with Gasteiger partial charge < -0.3 is 18.9 Å². The molecule has 1 aliphatic heterocycles. The van der Waals surface area contributed by atoms with Crippen molar-refractivity contribution >= 4 is 11.8 Å². The molecule has 0 N–H and O–H groups in total. The second-order valence-electron chi connectivity index (χ2n) is 4.67. The molecule has 1 heterocycles. The minimum atomic E-state index is -0.588. The molecule has 2 amide bonds. The number of hydrogen-bond donors (Lipinski definition) is 0. The van der Waals surface area contributed by atoms with Crippen molar-refractivity contribution in [1.29, 1.82) is 0 Å². The largest absolute Gasteiger partial charge is 0.376 e. The topological polar surface area (TPSA) is 74.3 Å². The molecule has 0 aromatic heterocycles. The molecule has 1 saturated carbocycles. The Morgan fingerprint density at radius 1 is 0.750 bits per heavy atom. The molecular weight excluding hydrogens is 266 g/mol. The third-order valence-corrected chi connectivity index (χ3v) is 3.87. The fraction of sp³-hybridized carbons (Fsp3) is 0.692. The summed E-state index contributed by atoms with van der Waals surface area (Å²) in [6.45, 7) is 0. The van der Waals surface area contributed by atoms with Gasteiger partial charge in [-0.05, 0) is 0 Å². The number of carbonyl (C=O) groups excluding carboxylic acids is 2. The molecule has 112 valence electrons. The lowest BCUT2D eigenvalue weighted by atomic mass is 10.1. The lowest BCUT2D eigenvalue weighted by molar-refractivity contribution is -0.147. The van der Waals surface area contributed by atoms with Gasteiger partial charge in [0.2, 0.25) is 0 Å². The third-order valence-electron chi connectivity index (χ3n) is 3.87. The van der Waals surface area contributed by atoms with Crippen LogP contribution in [0.5, 0.6) is 0 Å². The highest BCUT2D eigenvalue weighted by molar-refractivity contribution is 6.13. The van der Waals surface area contributed by atoms with E-state index in [-0.39, 0.29) is 11.8 Å². The molecule has 4 atom stereocenters. The monoisotopic (exact) mass is 285 g/mol. The molecule has 20 heavy (non-hydrogen) atoms. The normalized spacial score (nSPS) is 37.2. The smallest absolute Gasteiger partial charge is 0.254 e. The maximum atomic E-state index is 11.9. The van der Waals surface area contributed by atoms with Crippen molar-refractivity contribution in [2.24, 2.45) is 0 Å². The van der Waals surface area contributed by atoms with E-state index in [2.05, 4.69) is 0 Å². The Hall–Kier alpha value is -1.28. The summed E-state index contributed by atoms with van der Waals surface area (Å²) >= 11 is 0. The maximum absolute atomic E-state index is 11.9. The summed E-state index contributed by atoms with van der Waals surface area (Å²) in [5, 5.41) is 0. The summed E-state index contributed by atoms with van der Waals surface area (Å²) in [5.74, 6) is -0.758. The number of methoxy groups -OCH3 is 4. The van der Waals surface area contributed by atoms with E-state index in [9.17, 15) is 9.59 Å². The molecule has 0 aromatic rings. The van der Waals surface area contributed by atoms with Crippen molar-refractivity contribution in [1.82, 2.24) is 4.90 Å². The van der Waals surface area contributed by atoms with Crippen LogP contribution in [0.1, 0.15) is 0 Å². The van der Waals surface area contributed by atoms with Crippen LogP contribution in [0.4, 0.5) is 0 Å². The molecule has 2 rings (SSSR count). The summed E-state index contributed by atoms with van der Waals surface area (Å²) in [4.78, 5) is 25.0. The average molecular weight is 285 g/mol. The first-order chi connectivity index (χ1) is 9.60. The standard InChI is InChI=1S/C13H19NO6/c1-17-10-9(14-7(15)5-6-8(14)16)11(18-2)13(20-4)12(10)19-3/h5-6,9-13H,1-4H3/t10-,11-,12-,13-/m0/s1. The molecule has 1 aliphatic carbocycles. The van der Waals surface area contributed by atoms with E-state index in [1.165, 1.54) is 40.6 Å². The van der Waals surface area contributed by atoms with Gasteiger partial charge in [-0.1, -0.05) is 0 Å². The van der Waals surface area contributed by atoms with Gasteiger partial charge in [0, 0.05) is 40.6 Å². The summed E-state index contributed by atoms with van der Waals surface area (Å²) in [5.41, 5.74) is 0. The molecule has 1 fully saturated rings. The molecule has 0 saturated heterocycles. The second kappa shape index (κ2) is 6.01. The summed E-state index contributed by atoms with van der Waals surface area (Å²) in [7, 11) is 6.08. The van der Waals surface area contributed by atoms with Crippen LogP contribution in [0, 0.1) is 0 Å². The summed E-state index contributed by atoms with van der Waals surface area (Å²) < 4.78 is 21.7. The number of amides is 2. The highest BCUT2D eigenvalue weighted by Gasteiger charge is 2.57. The average Bonchev–Trinajstić information content (AvgIpc) is 2.94. The first-order valence-corrected chi connectivity index (χ1v) is 6.27. The molecule has 0 radical (unpaired) electrons. The van der Waals surface area contributed by atoms with Crippen molar-refractivity contribution in [3.8, 4) is 0 Å². The van der Waals surface area contributed by atoms with Gasteiger partial charge in [0.05, 0.1) is 6.04 Å². The Kier molecular flexibility index (Phi) is 4.54. The number of rotatable bonds is 5. The fourth-order valence-electron chi connectivity index (χ4n) is 3.03. The van der Waals surface area contributed by atoms with Gasteiger partial charge >= 0.3 is 0 Å². The van der Waals surface area contributed by atoms with E-state index in [4.69, 9.17) is 18.9 Å². The van der Waals surface area contributed by atoms with Crippen LogP contribution in [-0.4, -0.2) is 75.6 Å². The van der Waals surface area contributed by atoms with E-state index in [0.717, 1.165) is 4.90 Å². The lowest BCUT2D eigenvalue weighted by Gasteiger charge is -2.31. The van der Waals surface area contributed by atoms with E-state index in [1.54, 1.807) is 0 Å². The van der Waals surface area contributed by atoms with Crippen LogP contribution in [0.25, 0.3) is 0 Å². The zero-order valence-corrected chi connectivity index (χ0v) is 11.9. The molecule has 2 aliphatic rings. The maximum Gasteiger partial charge on any atom is 0.254 e. The van der Waals surface area contributed by atoms with Crippen molar-refractivity contribution < 1.29 is 28.5 Å². The SMILES string of the molecule is CO[C@@H]1[C@@H](OC)[C@@H](OC)C(N2C(=O)C=CC2=O)[C@@H]1OC. The number of ether oxygens (including phenoxy) is 4. The first kappa shape index (κ1) is 15.1. The Morgan fingerprint density at radius 3 is 1.40 bits per heavy atom. The minimum Gasteiger partial charge on any atom is -0.376 e. The molecule has 0 bridgehead atoms. The van der Waals surface area contributed by atoms with Gasteiger partial charge in [-0.2, -0.15) is 0 Å². The third kappa shape index (κ3) is 2.16. The van der Waals surface area contributed by atoms with Crippen LogP contribution in [0.15, 0.2) is 12.2 Å². The zero-order valence-electron chi connectivity index (χ0n) is 11.9. The Morgan fingerprint density at radius 2 is 1.10 bits per heavy atom. The van der Waals surface area contributed by atoms with Gasteiger partial charge in [0.1, 0.15) is 24.4 Å². The lowest BCUT2D eigenvalue weighted by Crippen LogP contribution is -2.52. The van der Waals surface area contributed by atoms with Gasteiger partial charge in [-0.15, -0.1) is 0 Å². The number of nitrogens with zero attached hydrogens (tertiary/aromatic N) is 1. The van der Waals surface area contributed by atoms with Crippen LogP contribution in [-0.2, 0) is 28.5 Å². The molecule has 0 aromatic carbocycles. The quantitative estimate of drug-likeness (QED) is 0.625. The Bertz CT molecular complexity index is 387. The first-order valence-electron chi connectivity index (χ1n) is 6.27. The predicted octanol–water partition coefficient (Wildman–Crippen LogP) is -0.646. The molecule has 7 nitrogen and oxygen atoms in total. The second-order valence-corrected chi connectivity index (χ2v) is 4.67. The minimum absolute atomic E-state index is 0.379. The van der Waals surface area contributed by atoms with Gasteiger partial charge in [-0.3, -0.25) is 14.5 Å². The number of carbonyl (C=O) groups is 2. The highest BCUT2D eigenvalue weighted by Crippen LogP contribution is 2.34. The summed E-state index contributed by atoms with van der Waals surface area (Å²) in [6, 6.07) is -0.588. The van der Waals surface area contributed by atoms with Crippen LogP contribution in [0.2, 0.25) is 0 Å². The van der Waals surface area contributed by atoms with Crippen LogP contribution in [0.3, 0.4) is 0 Å². The van der Waals surface area contributed by atoms with E-state index < -0.39 is 30.5 Å². The van der Waals surface area contributed by atoms with Gasteiger partial charge in [0.15, 0.2) is 0 Å². The van der Waals surface area contributed by atoms with Gasteiger partial charge in [-0.25, -0.2) is 0 Å². The fourth-order valence-corrected chi connectivity index (χ4v) is 3.03.